The smallest absolute Gasteiger partial charge is 0.237 e. The van der Waals surface area contributed by atoms with Crippen LogP contribution in [0.25, 0.3) is 0 Å². The predicted molar refractivity (Wildman–Crippen MR) is 53.5 cm³/mol. The van der Waals surface area contributed by atoms with Gasteiger partial charge in [0, 0.05) is 0 Å². The second-order valence-corrected chi connectivity index (χ2v) is 3.26. The molecule has 0 aromatic carbocycles. The van der Waals surface area contributed by atoms with Crippen molar-refractivity contribution in [3.63, 3.8) is 0 Å². The van der Waals surface area contributed by atoms with Gasteiger partial charge < -0.3 is 15.5 Å². The van der Waals surface area contributed by atoms with E-state index < -0.39 is 6.04 Å². The lowest BCUT2D eigenvalue weighted by atomic mass is 10.2. The second-order valence-electron chi connectivity index (χ2n) is 3.26. The molecule has 1 amide bonds. The zero-order valence-corrected chi connectivity index (χ0v) is 8.49. The van der Waals surface area contributed by atoms with Crippen LogP contribution in [0.15, 0.2) is 22.8 Å². The number of nitrogens with two attached hydrogens (primary N) is 1. The minimum Gasteiger partial charge on any atom is -0.467 e. The van der Waals surface area contributed by atoms with E-state index in [0.717, 1.165) is 5.76 Å². The lowest BCUT2D eigenvalue weighted by Crippen LogP contribution is -2.41. The average Bonchev–Trinajstić information content (AvgIpc) is 2.69. The highest BCUT2D eigenvalue weighted by Crippen LogP contribution is 2.12. The molecule has 0 saturated heterocycles. The fourth-order valence-corrected chi connectivity index (χ4v) is 1.11. The molecule has 78 valence electrons. The van der Waals surface area contributed by atoms with Gasteiger partial charge in [0.15, 0.2) is 0 Å². The summed E-state index contributed by atoms with van der Waals surface area (Å²) in [6.07, 6.45) is 2.22. The van der Waals surface area contributed by atoms with Crippen molar-refractivity contribution < 1.29 is 9.21 Å². The van der Waals surface area contributed by atoms with Crippen molar-refractivity contribution in [1.29, 1.82) is 0 Å². The first-order chi connectivity index (χ1) is 6.65. The highest BCUT2D eigenvalue weighted by molar-refractivity contribution is 5.81. The summed E-state index contributed by atoms with van der Waals surface area (Å²) < 4.78 is 5.15. The van der Waals surface area contributed by atoms with Gasteiger partial charge in [-0.15, -0.1) is 0 Å². The monoisotopic (exact) mass is 196 g/mol. The van der Waals surface area contributed by atoms with Crippen LogP contribution >= 0.6 is 0 Å². The maximum absolute atomic E-state index is 11.4. The number of rotatable bonds is 4. The molecule has 1 aromatic heterocycles. The lowest BCUT2D eigenvalue weighted by molar-refractivity contribution is -0.123. The molecule has 4 heteroatoms. The highest BCUT2D eigenvalue weighted by Gasteiger charge is 2.15. The predicted octanol–water partition coefficient (Wildman–Crippen LogP) is 1.19. The number of hydrogen-bond acceptors (Lipinski definition) is 3. The molecule has 1 aromatic rings. The van der Waals surface area contributed by atoms with Crippen LogP contribution in [-0.2, 0) is 4.79 Å². The zero-order chi connectivity index (χ0) is 10.6. The van der Waals surface area contributed by atoms with E-state index in [-0.39, 0.29) is 11.9 Å². The molecule has 4 nitrogen and oxygen atoms in total. The minimum absolute atomic E-state index is 0.130. The summed E-state index contributed by atoms with van der Waals surface area (Å²) in [5, 5.41) is 2.78. The van der Waals surface area contributed by atoms with E-state index in [4.69, 9.17) is 10.2 Å². The van der Waals surface area contributed by atoms with Crippen molar-refractivity contribution in [2.24, 2.45) is 5.73 Å². The Morgan fingerprint density at radius 1 is 1.71 bits per heavy atom. The summed E-state index contributed by atoms with van der Waals surface area (Å²) in [4.78, 5) is 11.4. The van der Waals surface area contributed by atoms with Gasteiger partial charge in [0.25, 0.3) is 0 Å². The van der Waals surface area contributed by atoms with Crippen LogP contribution in [0.5, 0.6) is 0 Å². The van der Waals surface area contributed by atoms with Gasteiger partial charge in [0.05, 0.1) is 18.3 Å². The lowest BCUT2D eigenvalue weighted by Gasteiger charge is -2.14. The normalized spacial score (nSPS) is 14.8. The van der Waals surface area contributed by atoms with Crippen molar-refractivity contribution in [2.45, 2.75) is 32.4 Å². The van der Waals surface area contributed by atoms with E-state index in [1.807, 2.05) is 19.9 Å². The Morgan fingerprint density at radius 3 is 2.93 bits per heavy atom. The fourth-order valence-electron chi connectivity index (χ4n) is 1.11. The largest absolute Gasteiger partial charge is 0.467 e. The number of hydrogen-bond donors (Lipinski definition) is 2. The van der Waals surface area contributed by atoms with Gasteiger partial charge in [-0.2, -0.15) is 0 Å². The van der Waals surface area contributed by atoms with E-state index in [1.54, 1.807) is 12.3 Å². The fraction of sp³-hybridized carbons (Fsp3) is 0.500. The number of nitrogens with one attached hydrogen (secondary N) is 1. The van der Waals surface area contributed by atoms with Crippen molar-refractivity contribution in [1.82, 2.24) is 5.32 Å². The number of furan rings is 1. The van der Waals surface area contributed by atoms with E-state index in [1.165, 1.54) is 0 Å². The molecule has 0 bridgehead atoms. The third-order valence-corrected chi connectivity index (χ3v) is 2.11. The Hall–Kier alpha value is -1.29. The maximum atomic E-state index is 11.4. The molecular weight excluding hydrogens is 180 g/mol. The molecule has 0 spiro atoms. The first-order valence-electron chi connectivity index (χ1n) is 4.74. The molecule has 0 fully saturated rings. The molecule has 2 atom stereocenters. The molecule has 0 aliphatic heterocycles. The summed E-state index contributed by atoms with van der Waals surface area (Å²) in [5.41, 5.74) is 5.58. The molecular formula is C10H16N2O2. The standard InChI is InChI=1S/C10H16N2O2/c1-3-8(11)10(13)12-7(2)9-5-4-6-14-9/h4-8H,3,11H2,1-2H3,(H,12,13)/t7-,8-/m0/s1. The summed E-state index contributed by atoms with van der Waals surface area (Å²) >= 11 is 0. The quantitative estimate of drug-likeness (QED) is 0.760. The number of carbonyl (C=O) groups is 1. The Labute approximate surface area is 83.5 Å². The van der Waals surface area contributed by atoms with Gasteiger partial charge in [0.2, 0.25) is 5.91 Å². The third-order valence-electron chi connectivity index (χ3n) is 2.11. The minimum atomic E-state index is -0.438. The molecule has 14 heavy (non-hydrogen) atoms. The van der Waals surface area contributed by atoms with Gasteiger partial charge >= 0.3 is 0 Å². The maximum Gasteiger partial charge on any atom is 0.237 e. The molecule has 1 rings (SSSR count). The summed E-state index contributed by atoms with van der Waals surface area (Å²) in [5.74, 6) is 0.595. The van der Waals surface area contributed by atoms with E-state index in [2.05, 4.69) is 5.32 Å². The number of carbonyl (C=O) groups excluding carboxylic acids is 1. The van der Waals surface area contributed by atoms with Crippen LogP contribution in [0, 0.1) is 0 Å². The SMILES string of the molecule is CC[C@H](N)C(=O)N[C@@H](C)c1ccco1. The molecule has 0 radical (unpaired) electrons. The summed E-state index contributed by atoms with van der Waals surface area (Å²) in [7, 11) is 0. The molecule has 0 aliphatic carbocycles. The third kappa shape index (κ3) is 2.60. The average molecular weight is 196 g/mol. The van der Waals surface area contributed by atoms with Crippen molar-refractivity contribution in [3.8, 4) is 0 Å². The van der Waals surface area contributed by atoms with Gasteiger partial charge in [-0.3, -0.25) is 4.79 Å². The Kier molecular flexibility index (Phi) is 3.71. The van der Waals surface area contributed by atoms with Gasteiger partial charge in [-0.1, -0.05) is 6.92 Å². The first-order valence-corrected chi connectivity index (χ1v) is 4.74. The topological polar surface area (TPSA) is 68.3 Å². The van der Waals surface area contributed by atoms with Crippen LogP contribution in [0.4, 0.5) is 0 Å². The van der Waals surface area contributed by atoms with E-state index in [0.29, 0.717) is 6.42 Å². The highest BCUT2D eigenvalue weighted by atomic mass is 16.3. The number of amides is 1. The van der Waals surface area contributed by atoms with Crippen LogP contribution < -0.4 is 11.1 Å². The van der Waals surface area contributed by atoms with E-state index >= 15 is 0 Å². The van der Waals surface area contributed by atoms with Crippen LogP contribution in [0.2, 0.25) is 0 Å². The van der Waals surface area contributed by atoms with Crippen LogP contribution in [0.1, 0.15) is 32.1 Å². The van der Waals surface area contributed by atoms with Crippen molar-refractivity contribution in [3.05, 3.63) is 24.2 Å². The molecule has 0 unspecified atom stereocenters. The summed E-state index contributed by atoms with van der Waals surface area (Å²) in [6.45, 7) is 3.74. The Bertz CT molecular complexity index is 282. The van der Waals surface area contributed by atoms with Gasteiger partial charge in [-0.05, 0) is 25.5 Å². The Balaban J connectivity index is 2.49. The molecule has 0 saturated carbocycles. The zero-order valence-electron chi connectivity index (χ0n) is 8.49. The van der Waals surface area contributed by atoms with Crippen LogP contribution in [-0.4, -0.2) is 11.9 Å². The second kappa shape index (κ2) is 4.81. The van der Waals surface area contributed by atoms with Crippen LogP contribution in [0.3, 0.4) is 0 Å². The van der Waals surface area contributed by atoms with E-state index in [9.17, 15) is 4.79 Å². The molecule has 3 N–H and O–H groups in total. The first kappa shape index (κ1) is 10.8. The summed E-state index contributed by atoms with van der Waals surface area (Å²) in [6, 6.07) is 3.04. The van der Waals surface area contributed by atoms with Gasteiger partial charge in [-0.25, -0.2) is 0 Å². The van der Waals surface area contributed by atoms with Crippen molar-refractivity contribution in [2.75, 3.05) is 0 Å². The molecule has 1 heterocycles. The van der Waals surface area contributed by atoms with Gasteiger partial charge in [0.1, 0.15) is 5.76 Å². The molecule has 0 aliphatic rings. The Morgan fingerprint density at radius 2 is 2.43 bits per heavy atom. The van der Waals surface area contributed by atoms with Crippen molar-refractivity contribution >= 4 is 5.91 Å².